The molecule has 0 radical (unpaired) electrons. The molecule has 1 amide bonds. The molecule has 0 aliphatic carbocycles. The van der Waals surface area contributed by atoms with Crippen LogP contribution in [0.15, 0.2) is 71.6 Å². The number of nitrogens with one attached hydrogen (secondary N) is 1. The van der Waals surface area contributed by atoms with Gasteiger partial charge in [-0.15, -0.1) is 0 Å². The van der Waals surface area contributed by atoms with Crippen molar-refractivity contribution < 1.29 is 17.6 Å². The van der Waals surface area contributed by atoms with Gasteiger partial charge in [0.25, 0.3) is 10.0 Å². The molecule has 0 aliphatic rings. The standard InChI is InChI=1S/C22H20ClFN2O3S/c1-15-3-8-18(9-4-15)26(30(28,29)19-10-5-16(2)6-11-19)14-22(27)25-17-7-12-21(24)20(23)13-17/h3-13H,14H2,1-2H3,(H,25,27). The van der Waals surface area contributed by atoms with Crippen LogP contribution in [0, 0.1) is 19.7 Å². The van der Waals surface area contributed by atoms with E-state index in [2.05, 4.69) is 5.32 Å². The highest BCUT2D eigenvalue weighted by atomic mass is 35.5. The second-order valence-corrected chi connectivity index (χ2v) is 9.11. The summed E-state index contributed by atoms with van der Waals surface area (Å²) in [5.74, 6) is -1.20. The molecule has 0 saturated carbocycles. The van der Waals surface area contributed by atoms with Gasteiger partial charge in [-0.25, -0.2) is 12.8 Å². The van der Waals surface area contributed by atoms with Crippen LogP contribution in [-0.4, -0.2) is 20.9 Å². The van der Waals surface area contributed by atoms with Gasteiger partial charge in [-0.1, -0.05) is 47.0 Å². The van der Waals surface area contributed by atoms with Crippen molar-refractivity contribution in [3.05, 3.63) is 88.7 Å². The minimum atomic E-state index is -4.00. The van der Waals surface area contributed by atoms with E-state index in [1.54, 1.807) is 36.4 Å². The van der Waals surface area contributed by atoms with E-state index >= 15 is 0 Å². The normalized spacial score (nSPS) is 11.2. The molecule has 0 unspecified atom stereocenters. The predicted octanol–water partition coefficient (Wildman–Crippen LogP) is 4.93. The molecule has 0 spiro atoms. The van der Waals surface area contributed by atoms with Gasteiger partial charge in [-0.3, -0.25) is 9.10 Å². The first kappa shape index (κ1) is 21.8. The lowest BCUT2D eigenvalue weighted by Crippen LogP contribution is -2.38. The van der Waals surface area contributed by atoms with Crippen LogP contribution < -0.4 is 9.62 Å². The molecule has 8 heteroatoms. The number of rotatable bonds is 6. The zero-order chi connectivity index (χ0) is 21.9. The van der Waals surface area contributed by atoms with Gasteiger partial charge in [0.15, 0.2) is 0 Å². The minimum absolute atomic E-state index is 0.0753. The van der Waals surface area contributed by atoms with Crippen molar-refractivity contribution >= 4 is 38.9 Å². The second-order valence-electron chi connectivity index (χ2n) is 6.84. The van der Waals surface area contributed by atoms with E-state index in [9.17, 15) is 17.6 Å². The molecular formula is C22H20ClFN2O3S. The summed E-state index contributed by atoms with van der Waals surface area (Å²) in [6.45, 7) is 3.28. The highest BCUT2D eigenvalue weighted by Crippen LogP contribution is 2.25. The van der Waals surface area contributed by atoms with Crippen molar-refractivity contribution in [1.29, 1.82) is 0 Å². The molecule has 0 bridgehead atoms. The monoisotopic (exact) mass is 446 g/mol. The number of benzene rings is 3. The Kier molecular flexibility index (Phi) is 6.43. The van der Waals surface area contributed by atoms with Crippen LogP contribution in [0.2, 0.25) is 5.02 Å². The second kappa shape index (κ2) is 8.85. The Hall–Kier alpha value is -2.90. The van der Waals surface area contributed by atoms with Crippen molar-refractivity contribution in [1.82, 2.24) is 0 Å². The molecule has 3 rings (SSSR count). The molecule has 30 heavy (non-hydrogen) atoms. The number of sulfonamides is 1. The topological polar surface area (TPSA) is 66.5 Å². The predicted molar refractivity (Wildman–Crippen MR) is 117 cm³/mol. The van der Waals surface area contributed by atoms with E-state index < -0.39 is 28.3 Å². The largest absolute Gasteiger partial charge is 0.324 e. The lowest BCUT2D eigenvalue weighted by atomic mass is 10.2. The van der Waals surface area contributed by atoms with E-state index in [0.717, 1.165) is 21.5 Å². The van der Waals surface area contributed by atoms with E-state index in [0.29, 0.717) is 5.69 Å². The van der Waals surface area contributed by atoms with Crippen molar-refractivity contribution in [2.24, 2.45) is 0 Å². The summed E-state index contributed by atoms with van der Waals surface area (Å²) in [5.41, 5.74) is 2.50. The van der Waals surface area contributed by atoms with Crippen LogP contribution in [0.1, 0.15) is 11.1 Å². The van der Waals surface area contributed by atoms with Crippen LogP contribution in [0.5, 0.6) is 0 Å². The van der Waals surface area contributed by atoms with Gasteiger partial charge in [0, 0.05) is 5.69 Å². The maximum absolute atomic E-state index is 13.3. The third-order valence-electron chi connectivity index (χ3n) is 4.42. The van der Waals surface area contributed by atoms with E-state index in [1.165, 1.54) is 24.3 Å². The summed E-state index contributed by atoms with van der Waals surface area (Å²) in [5, 5.41) is 2.42. The fraction of sp³-hybridized carbons (Fsp3) is 0.136. The highest BCUT2D eigenvalue weighted by Gasteiger charge is 2.27. The van der Waals surface area contributed by atoms with Crippen LogP contribution in [0.4, 0.5) is 15.8 Å². The Morgan fingerprint density at radius 2 is 1.53 bits per heavy atom. The number of amides is 1. The molecule has 0 aromatic heterocycles. The Labute approximate surface area is 180 Å². The van der Waals surface area contributed by atoms with Gasteiger partial charge in [0.1, 0.15) is 12.4 Å². The van der Waals surface area contributed by atoms with Crippen LogP contribution in [-0.2, 0) is 14.8 Å². The number of hydrogen-bond acceptors (Lipinski definition) is 3. The van der Waals surface area contributed by atoms with Crippen molar-refractivity contribution in [3.8, 4) is 0 Å². The summed E-state index contributed by atoms with van der Waals surface area (Å²) in [4.78, 5) is 12.7. The Bertz CT molecular complexity index is 1160. The number of carbonyl (C=O) groups is 1. The minimum Gasteiger partial charge on any atom is -0.324 e. The molecule has 0 saturated heterocycles. The Morgan fingerprint density at radius 1 is 0.967 bits per heavy atom. The molecule has 0 aliphatic heterocycles. The summed E-state index contributed by atoms with van der Waals surface area (Å²) >= 11 is 5.75. The highest BCUT2D eigenvalue weighted by molar-refractivity contribution is 7.92. The van der Waals surface area contributed by atoms with E-state index in [4.69, 9.17) is 11.6 Å². The number of carbonyl (C=O) groups excluding carboxylic acids is 1. The quantitative estimate of drug-likeness (QED) is 0.583. The molecule has 0 atom stereocenters. The average Bonchev–Trinajstić information content (AvgIpc) is 2.70. The Balaban J connectivity index is 1.93. The van der Waals surface area contributed by atoms with Crippen molar-refractivity contribution in [3.63, 3.8) is 0 Å². The smallest absolute Gasteiger partial charge is 0.264 e. The van der Waals surface area contributed by atoms with Gasteiger partial charge in [0.05, 0.1) is 15.6 Å². The number of anilines is 2. The fourth-order valence-electron chi connectivity index (χ4n) is 2.77. The van der Waals surface area contributed by atoms with Gasteiger partial charge < -0.3 is 5.32 Å². The third-order valence-corrected chi connectivity index (χ3v) is 6.50. The maximum Gasteiger partial charge on any atom is 0.264 e. The van der Waals surface area contributed by atoms with Crippen LogP contribution in [0.3, 0.4) is 0 Å². The summed E-state index contributed by atoms with van der Waals surface area (Å²) in [7, 11) is -4.00. The van der Waals surface area contributed by atoms with Gasteiger partial charge in [-0.2, -0.15) is 0 Å². The Morgan fingerprint density at radius 3 is 2.10 bits per heavy atom. The zero-order valence-electron chi connectivity index (χ0n) is 16.4. The SMILES string of the molecule is Cc1ccc(N(CC(=O)Nc2ccc(F)c(Cl)c2)S(=O)(=O)c2ccc(C)cc2)cc1. The number of aryl methyl sites for hydroxylation is 2. The molecule has 3 aromatic rings. The summed E-state index contributed by atoms with van der Waals surface area (Å²) in [6, 6.07) is 17.0. The van der Waals surface area contributed by atoms with Crippen molar-refractivity contribution in [2.75, 3.05) is 16.2 Å². The fourth-order valence-corrected chi connectivity index (χ4v) is 4.37. The van der Waals surface area contributed by atoms with Gasteiger partial charge in [-0.05, 0) is 56.3 Å². The first-order valence-electron chi connectivity index (χ1n) is 9.08. The van der Waals surface area contributed by atoms with Gasteiger partial charge >= 0.3 is 0 Å². The van der Waals surface area contributed by atoms with Crippen molar-refractivity contribution in [2.45, 2.75) is 18.7 Å². The molecule has 5 nitrogen and oxygen atoms in total. The molecule has 3 aromatic carbocycles. The first-order valence-corrected chi connectivity index (χ1v) is 10.9. The molecule has 0 fully saturated rings. The zero-order valence-corrected chi connectivity index (χ0v) is 18.0. The van der Waals surface area contributed by atoms with Gasteiger partial charge in [0.2, 0.25) is 5.91 Å². The molecular weight excluding hydrogens is 427 g/mol. The van der Waals surface area contributed by atoms with Crippen LogP contribution in [0.25, 0.3) is 0 Å². The summed E-state index contributed by atoms with van der Waals surface area (Å²) in [6.07, 6.45) is 0. The number of halogens is 2. The molecule has 0 heterocycles. The lowest BCUT2D eigenvalue weighted by Gasteiger charge is -2.24. The molecule has 156 valence electrons. The third kappa shape index (κ3) is 4.98. The lowest BCUT2D eigenvalue weighted by molar-refractivity contribution is -0.114. The maximum atomic E-state index is 13.3. The summed E-state index contributed by atoms with van der Waals surface area (Å²) < 4.78 is 41.0. The number of nitrogens with zero attached hydrogens (tertiary/aromatic N) is 1. The van der Waals surface area contributed by atoms with Crippen LogP contribution >= 0.6 is 11.6 Å². The van der Waals surface area contributed by atoms with E-state index in [-0.39, 0.29) is 15.6 Å². The van der Waals surface area contributed by atoms with E-state index in [1.807, 2.05) is 13.8 Å². The number of hydrogen-bond donors (Lipinski definition) is 1. The first-order chi connectivity index (χ1) is 14.2. The molecule has 1 N–H and O–H groups in total. The average molecular weight is 447 g/mol.